The summed E-state index contributed by atoms with van der Waals surface area (Å²) in [6.45, 7) is 6.52. The van der Waals surface area contributed by atoms with Crippen LogP contribution in [0.1, 0.15) is 32.2 Å². The van der Waals surface area contributed by atoms with Crippen molar-refractivity contribution in [1.82, 2.24) is 4.98 Å². The molecule has 1 nitrogen and oxygen atoms in total. The summed E-state index contributed by atoms with van der Waals surface area (Å²) in [5, 5.41) is 3.43. The molecule has 1 rings (SSSR count). The minimum Gasteiger partial charge on any atom is -0.250 e. The van der Waals surface area contributed by atoms with Crippen molar-refractivity contribution in [2.24, 2.45) is 5.41 Å². The van der Waals surface area contributed by atoms with Crippen LogP contribution in [0.15, 0.2) is 11.6 Å². The third kappa shape index (κ3) is 3.65. The first-order valence-corrected chi connectivity index (χ1v) is 5.84. The number of aromatic nitrogens is 1. The van der Waals surface area contributed by atoms with E-state index < -0.39 is 0 Å². The molecule has 0 aliphatic heterocycles. The van der Waals surface area contributed by atoms with Crippen LogP contribution in [0.25, 0.3) is 0 Å². The van der Waals surface area contributed by atoms with E-state index in [1.54, 1.807) is 11.3 Å². The van der Waals surface area contributed by atoms with Gasteiger partial charge in [-0.05, 0) is 11.8 Å². The van der Waals surface area contributed by atoms with E-state index in [2.05, 4.69) is 25.8 Å². The maximum Gasteiger partial charge on any atom is 0.0925 e. The van der Waals surface area contributed by atoms with Crippen LogP contribution in [-0.2, 0) is 6.42 Å². The molecule has 1 atom stereocenters. The van der Waals surface area contributed by atoms with E-state index in [1.165, 1.54) is 5.01 Å². The molecule has 1 heterocycles. The van der Waals surface area contributed by atoms with Crippen molar-refractivity contribution >= 4 is 22.9 Å². The Morgan fingerprint density at radius 3 is 2.69 bits per heavy atom. The predicted octanol–water partition coefficient (Wildman–Crippen LogP) is 3.73. The highest BCUT2D eigenvalue weighted by Crippen LogP contribution is 2.28. The van der Waals surface area contributed by atoms with Gasteiger partial charge in [0.15, 0.2) is 0 Å². The molecular weight excluding hydrogens is 202 g/mol. The van der Waals surface area contributed by atoms with Gasteiger partial charge >= 0.3 is 0 Å². The second-order valence-corrected chi connectivity index (χ2v) is 5.80. The van der Waals surface area contributed by atoms with Gasteiger partial charge in [0, 0.05) is 23.4 Å². The Labute approximate surface area is 89.1 Å². The molecule has 0 bridgehead atoms. The average Bonchev–Trinajstić information content (AvgIpc) is 2.50. The molecule has 0 saturated carbocycles. The Kier molecular flexibility index (Phi) is 3.74. The lowest BCUT2D eigenvalue weighted by atomic mass is 9.89. The third-order valence-corrected chi connectivity index (χ3v) is 3.75. The highest BCUT2D eigenvalue weighted by atomic mass is 35.5. The van der Waals surface area contributed by atoms with E-state index in [0.717, 1.165) is 12.8 Å². The highest BCUT2D eigenvalue weighted by molar-refractivity contribution is 7.09. The van der Waals surface area contributed by atoms with Crippen LogP contribution >= 0.6 is 22.9 Å². The zero-order chi connectivity index (χ0) is 9.90. The van der Waals surface area contributed by atoms with E-state index in [9.17, 15) is 0 Å². The van der Waals surface area contributed by atoms with Crippen LogP contribution in [0.2, 0.25) is 0 Å². The summed E-state index contributed by atoms with van der Waals surface area (Å²) in [5.74, 6) is 0. The number of nitrogens with zero attached hydrogens (tertiary/aromatic N) is 1. The lowest BCUT2D eigenvalue weighted by Gasteiger charge is -2.24. The van der Waals surface area contributed by atoms with E-state index in [4.69, 9.17) is 11.6 Å². The van der Waals surface area contributed by atoms with Gasteiger partial charge in [-0.2, -0.15) is 0 Å². The minimum absolute atomic E-state index is 0.193. The predicted molar refractivity (Wildman–Crippen MR) is 59.5 cm³/mol. The molecule has 3 heteroatoms. The fourth-order valence-corrected chi connectivity index (χ4v) is 1.80. The van der Waals surface area contributed by atoms with Crippen molar-refractivity contribution in [2.45, 2.75) is 39.0 Å². The van der Waals surface area contributed by atoms with Gasteiger partial charge in [0.25, 0.3) is 0 Å². The second-order valence-electron chi connectivity index (χ2n) is 4.30. The number of aryl methyl sites for hydroxylation is 1. The molecule has 1 unspecified atom stereocenters. The summed E-state index contributed by atoms with van der Waals surface area (Å²) in [6, 6.07) is 0. The van der Waals surface area contributed by atoms with Gasteiger partial charge in [-0.1, -0.05) is 20.8 Å². The lowest BCUT2D eigenvalue weighted by molar-refractivity contribution is 0.374. The molecule has 0 saturated heterocycles. The molecule has 0 aliphatic carbocycles. The van der Waals surface area contributed by atoms with Gasteiger partial charge < -0.3 is 0 Å². The van der Waals surface area contributed by atoms with Gasteiger partial charge in [-0.15, -0.1) is 22.9 Å². The third-order valence-electron chi connectivity index (χ3n) is 2.03. The maximum atomic E-state index is 6.25. The topological polar surface area (TPSA) is 12.9 Å². The molecule has 0 amide bonds. The average molecular weight is 218 g/mol. The van der Waals surface area contributed by atoms with Crippen LogP contribution < -0.4 is 0 Å². The number of hydrogen-bond acceptors (Lipinski definition) is 2. The van der Waals surface area contributed by atoms with Crippen LogP contribution in [0.4, 0.5) is 0 Å². The Bertz CT molecular complexity index is 238. The Balaban J connectivity index is 2.35. The van der Waals surface area contributed by atoms with Crippen molar-refractivity contribution in [3.8, 4) is 0 Å². The maximum absolute atomic E-state index is 6.25. The van der Waals surface area contributed by atoms with E-state index in [0.29, 0.717) is 0 Å². The second kappa shape index (κ2) is 4.43. The first-order valence-electron chi connectivity index (χ1n) is 4.52. The number of rotatable bonds is 3. The minimum atomic E-state index is 0.193. The summed E-state index contributed by atoms with van der Waals surface area (Å²) in [5.41, 5.74) is 0.193. The molecule has 0 aliphatic rings. The normalized spacial score (nSPS) is 14.5. The molecule has 0 aromatic carbocycles. The van der Waals surface area contributed by atoms with Crippen LogP contribution in [0, 0.1) is 5.41 Å². The van der Waals surface area contributed by atoms with Gasteiger partial charge in [0.05, 0.1) is 5.01 Å². The van der Waals surface area contributed by atoms with E-state index >= 15 is 0 Å². The SMILES string of the molecule is CC(C)(C)C(Cl)CCc1nccs1. The Hall–Kier alpha value is -0.0800. The van der Waals surface area contributed by atoms with Crippen molar-refractivity contribution in [2.75, 3.05) is 0 Å². The fraction of sp³-hybridized carbons (Fsp3) is 0.700. The molecule has 0 radical (unpaired) electrons. The molecule has 13 heavy (non-hydrogen) atoms. The van der Waals surface area contributed by atoms with Gasteiger partial charge in [-0.25, -0.2) is 4.98 Å². The summed E-state index contributed by atoms with van der Waals surface area (Å²) < 4.78 is 0. The number of halogens is 1. The molecule has 74 valence electrons. The summed E-state index contributed by atoms with van der Waals surface area (Å²) in [6.07, 6.45) is 3.86. The Morgan fingerprint density at radius 2 is 2.23 bits per heavy atom. The fourth-order valence-electron chi connectivity index (χ4n) is 1.06. The molecule has 1 aromatic rings. The number of thiazole rings is 1. The highest BCUT2D eigenvalue weighted by Gasteiger charge is 2.21. The van der Waals surface area contributed by atoms with Crippen molar-refractivity contribution in [3.63, 3.8) is 0 Å². The molecule has 0 N–H and O–H groups in total. The van der Waals surface area contributed by atoms with E-state index in [1.807, 2.05) is 11.6 Å². The molecule has 0 fully saturated rings. The standard InChI is InChI=1S/C10H16ClNS/c1-10(2,3)8(11)4-5-9-12-6-7-13-9/h6-8H,4-5H2,1-3H3. The number of alkyl halides is 1. The van der Waals surface area contributed by atoms with E-state index in [-0.39, 0.29) is 10.8 Å². The quantitative estimate of drug-likeness (QED) is 0.704. The van der Waals surface area contributed by atoms with Crippen molar-refractivity contribution < 1.29 is 0 Å². The first-order chi connectivity index (χ1) is 6.00. The van der Waals surface area contributed by atoms with Crippen LogP contribution in [0.3, 0.4) is 0 Å². The zero-order valence-corrected chi connectivity index (χ0v) is 9.95. The number of hydrogen-bond donors (Lipinski definition) is 0. The van der Waals surface area contributed by atoms with Crippen molar-refractivity contribution in [1.29, 1.82) is 0 Å². The lowest BCUT2D eigenvalue weighted by Crippen LogP contribution is -2.21. The smallest absolute Gasteiger partial charge is 0.0925 e. The van der Waals surface area contributed by atoms with Crippen LogP contribution in [0.5, 0.6) is 0 Å². The zero-order valence-electron chi connectivity index (χ0n) is 8.38. The summed E-state index contributed by atoms with van der Waals surface area (Å²) >= 11 is 7.96. The monoisotopic (exact) mass is 217 g/mol. The first kappa shape index (κ1) is 11.0. The van der Waals surface area contributed by atoms with Gasteiger partial charge in [0.2, 0.25) is 0 Å². The molecular formula is C10H16ClNS. The summed E-state index contributed by atoms with van der Waals surface area (Å²) in [7, 11) is 0. The Morgan fingerprint density at radius 1 is 1.54 bits per heavy atom. The van der Waals surface area contributed by atoms with Gasteiger partial charge in [-0.3, -0.25) is 0 Å². The molecule has 0 spiro atoms. The largest absolute Gasteiger partial charge is 0.250 e. The van der Waals surface area contributed by atoms with Gasteiger partial charge in [0.1, 0.15) is 0 Å². The van der Waals surface area contributed by atoms with Crippen LogP contribution in [-0.4, -0.2) is 10.4 Å². The molecule has 1 aromatic heterocycles. The summed E-state index contributed by atoms with van der Waals surface area (Å²) in [4.78, 5) is 4.23. The van der Waals surface area contributed by atoms with Crippen molar-refractivity contribution in [3.05, 3.63) is 16.6 Å².